The van der Waals surface area contributed by atoms with Gasteiger partial charge in [0, 0.05) is 19.5 Å². The number of hydrogen-bond donors (Lipinski definition) is 2. The Bertz CT molecular complexity index is 517. The number of carbonyl (C=O) groups is 1. The molecule has 0 aromatic heterocycles. The van der Waals surface area contributed by atoms with E-state index in [1.165, 1.54) is 10.8 Å². The van der Waals surface area contributed by atoms with Gasteiger partial charge in [-0.2, -0.15) is 0 Å². The molecule has 0 atom stereocenters. The molecule has 88 valence electrons. The third-order valence-electron chi connectivity index (χ3n) is 2.73. The lowest BCUT2D eigenvalue weighted by Crippen LogP contribution is -2.25. The van der Waals surface area contributed by atoms with Crippen LogP contribution in [0.4, 0.5) is 0 Å². The largest absolute Gasteiger partial charge is 0.352 e. The third kappa shape index (κ3) is 2.82. The highest BCUT2D eigenvalue weighted by atomic mass is 16.1. The SMILES string of the molecule is NCCC(=O)NCc1cccc2ccccc12. The van der Waals surface area contributed by atoms with Crippen molar-refractivity contribution >= 4 is 16.7 Å². The van der Waals surface area contributed by atoms with Gasteiger partial charge >= 0.3 is 0 Å². The predicted molar refractivity (Wildman–Crippen MR) is 69.5 cm³/mol. The van der Waals surface area contributed by atoms with Crippen LogP contribution in [0.15, 0.2) is 42.5 Å². The summed E-state index contributed by atoms with van der Waals surface area (Å²) < 4.78 is 0. The molecular formula is C14H16N2O. The van der Waals surface area contributed by atoms with Crippen LogP contribution < -0.4 is 11.1 Å². The lowest BCUT2D eigenvalue weighted by atomic mass is 10.0. The summed E-state index contributed by atoms with van der Waals surface area (Å²) in [5, 5.41) is 5.25. The van der Waals surface area contributed by atoms with Crippen molar-refractivity contribution in [2.24, 2.45) is 5.73 Å². The fourth-order valence-corrected chi connectivity index (χ4v) is 1.86. The molecule has 2 aromatic rings. The first-order valence-electron chi connectivity index (χ1n) is 5.74. The topological polar surface area (TPSA) is 55.1 Å². The summed E-state index contributed by atoms with van der Waals surface area (Å²) >= 11 is 0. The van der Waals surface area contributed by atoms with Crippen molar-refractivity contribution in [1.82, 2.24) is 5.32 Å². The van der Waals surface area contributed by atoms with E-state index in [4.69, 9.17) is 5.73 Å². The highest BCUT2D eigenvalue weighted by Crippen LogP contribution is 2.18. The Labute approximate surface area is 101 Å². The average Bonchev–Trinajstić information content (AvgIpc) is 2.36. The normalized spacial score (nSPS) is 10.4. The number of nitrogens with two attached hydrogens (primary N) is 1. The zero-order valence-electron chi connectivity index (χ0n) is 9.65. The van der Waals surface area contributed by atoms with Gasteiger partial charge in [0.2, 0.25) is 5.91 Å². The van der Waals surface area contributed by atoms with E-state index in [-0.39, 0.29) is 5.91 Å². The second-order valence-corrected chi connectivity index (χ2v) is 3.95. The molecule has 2 rings (SSSR count). The molecule has 2 aromatic carbocycles. The smallest absolute Gasteiger partial charge is 0.221 e. The van der Waals surface area contributed by atoms with Crippen molar-refractivity contribution in [3.8, 4) is 0 Å². The number of hydrogen-bond acceptors (Lipinski definition) is 2. The van der Waals surface area contributed by atoms with E-state index >= 15 is 0 Å². The maximum atomic E-state index is 11.4. The Morgan fingerprint density at radius 1 is 1.12 bits per heavy atom. The summed E-state index contributed by atoms with van der Waals surface area (Å²) in [5.41, 5.74) is 6.46. The lowest BCUT2D eigenvalue weighted by Gasteiger charge is -2.07. The first kappa shape index (κ1) is 11.6. The van der Waals surface area contributed by atoms with E-state index in [1.807, 2.05) is 24.3 Å². The van der Waals surface area contributed by atoms with E-state index in [0.717, 1.165) is 5.56 Å². The number of benzene rings is 2. The van der Waals surface area contributed by atoms with Crippen LogP contribution in [0.2, 0.25) is 0 Å². The number of fused-ring (bicyclic) bond motifs is 1. The quantitative estimate of drug-likeness (QED) is 0.838. The van der Waals surface area contributed by atoms with Crippen LogP contribution in [0.1, 0.15) is 12.0 Å². The minimum Gasteiger partial charge on any atom is -0.352 e. The van der Waals surface area contributed by atoms with Crippen molar-refractivity contribution in [2.75, 3.05) is 6.54 Å². The van der Waals surface area contributed by atoms with Gasteiger partial charge in [-0.05, 0) is 16.3 Å². The summed E-state index contributed by atoms with van der Waals surface area (Å²) in [7, 11) is 0. The number of amides is 1. The summed E-state index contributed by atoms with van der Waals surface area (Å²) in [6, 6.07) is 14.3. The van der Waals surface area contributed by atoms with Crippen molar-refractivity contribution in [3.63, 3.8) is 0 Å². The van der Waals surface area contributed by atoms with Gasteiger partial charge in [-0.1, -0.05) is 42.5 Å². The van der Waals surface area contributed by atoms with Gasteiger partial charge in [0.15, 0.2) is 0 Å². The molecule has 3 N–H and O–H groups in total. The van der Waals surface area contributed by atoms with E-state index in [2.05, 4.69) is 23.5 Å². The minimum atomic E-state index is 0.000402. The Balaban J connectivity index is 2.16. The maximum absolute atomic E-state index is 11.4. The molecule has 0 bridgehead atoms. The standard InChI is InChI=1S/C14H16N2O/c15-9-8-14(17)16-10-12-6-3-5-11-4-1-2-7-13(11)12/h1-7H,8-10,15H2,(H,16,17). The van der Waals surface area contributed by atoms with E-state index in [0.29, 0.717) is 19.5 Å². The van der Waals surface area contributed by atoms with Crippen molar-refractivity contribution in [2.45, 2.75) is 13.0 Å². The second kappa shape index (κ2) is 5.46. The van der Waals surface area contributed by atoms with Crippen molar-refractivity contribution < 1.29 is 4.79 Å². The van der Waals surface area contributed by atoms with Crippen LogP contribution in [0, 0.1) is 0 Å². The zero-order chi connectivity index (χ0) is 12.1. The average molecular weight is 228 g/mol. The minimum absolute atomic E-state index is 0.000402. The predicted octanol–water partition coefficient (Wildman–Crippen LogP) is 1.80. The molecule has 0 saturated carbocycles. The van der Waals surface area contributed by atoms with Gasteiger partial charge in [0.25, 0.3) is 0 Å². The molecular weight excluding hydrogens is 212 g/mol. The monoisotopic (exact) mass is 228 g/mol. The van der Waals surface area contributed by atoms with Crippen LogP contribution in [0.3, 0.4) is 0 Å². The highest BCUT2D eigenvalue weighted by Gasteiger charge is 2.02. The fraction of sp³-hybridized carbons (Fsp3) is 0.214. The molecule has 0 aliphatic heterocycles. The number of nitrogens with one attached hydrogen (secondary N) is 1. The molecule has 3 nitrogen and oxygen atoms in total. The summed E-state index contributed by atoms with van der Waals surface area (Å²) in [5.74, 6) is 0.000402. The molecule has 0 radical (unpaired) electrons. The molecule has 0 heterocycles. The summed E-state index contributed by atoms with van der Waals surface area (Å²) in [6.45, 7) is 0.946. The van der Waals surface area contributed by atoms with Crippen LogP contribution in [0.25, 0.3) is 10.8 Å². The van der Waals surface area contributed by atoms with Gasteiger partial charge in [-0.25, -0.2) is 0 Å². The van der Waals surface area contributed by atoms with Crippen LogP contribution in [-0.2, 0) is 11.3 Å². The molecule has 0 aliphatic rings. The Morgan fingerprint density at radius 3 is 2.71 bits per heavy atom. The van der Waals surface area contributed by atoms with E-state index in [1.54, 1.807) is 0 Å². The first-order chi connectivity index (χ1) is 8.31. The molecule has 17 heavy (non-hydrogen) atoms. The second-order valence-electron chi connectivity index (χ2n) is 3.95. The van der Waals surface area contributed by atoms with Crippen LogP contribution in [-0.4, -0.2) is 12.5 Å². The zero-order valence-corrected chi connectivity index (χ0v) is 9.65. The van der Waals surface area contributed by atoms with Gasteiger partial charge in [-0.3, -0.25) is 4.79 Å². The third-order valence-corrected chi connectivity index (χ3v) is 2.73. The Kier molecular flexibility index (Phi) is 3.73. The van der Waals surface area contributed by atoms with E-state index < -0.39 is 0 Å². The van der Waals surface area contributed by atoms with Gasteiger partial charge in [0.1, 0.15) is 0 Å². The van der Waals surface area contributed by atoms with Gasteiger partial charge < -0.3 is 11.1 Å². The number of carbonyl (C=O) groups excluding carboxylic acids is 1. The molecule has 3 heteroatoms. The highest BCUT2D eigenvalue weighted by molar-refractivity contribution is 5.86. The van der Waals surface area contributed by atoms with E-state index in [9.17, 15) is 4.79 Å². The molecule has 1 amide bonds. The summed E-state index contributed by atoms with van der Waals surface area (Å²) in [6.07, 6.45) is 0.380. The Hall–Kier alpha value is -1.87. The first-order valence-corrected chi connectivity index (χ1v) is 5.74. The van der Waals surface area contributed by atoms with Crippen molar-refractivity contribution in [3.05, 3.63) is 48.0 Å². The van der Waals surface area contributed by atoms with Crippen LogP contribution >= 0.6 is 0 Å². The lowest BCUT2D eigenvalue weighted by molar-refractivity contribution is -0.121. The molecule has 0 fully saturated rings. The van der Waals surface area contributed by atoms with Gasteiger partial charge in [-0.15, -0.1) is 0 Å². The molecule has 0 spiro atoms. The summed E-state index contributed by atoms with van der Waals surface area (Å²) in [4.78, 5) is 11.4. The fourth-order valence-electron chi connectivity index (χ4n) is 1.86. The molecule has 0 unspecified atom stereocenters. The molecule has 0 saturated heterocycles. The van der Waals surface area contributed by atoms with Crippen molar-refractivity contribution in [1.29, 1.82) is 0 Å². The Morgan fingerprint density at radius 2 is 1.88 bits per heavy atom. The maximum Gasteiger partial charge on any atom is 0.221 e. The molecule has 0 aliphatic carbocycles. The van der Waals surface area contributed by atoms with Crippen LogP contribution in [0.5, 0.6) is 0 Å². The number of rotatable bonds is 4. The van der Waals surface area contributed by atoms with Gasteiger partial charge in [0.05, 0.1) is 0 Å².